The number of fused-ring (bicyclic) bond motifs is 1. The van der Waals surface area contributed by atoms with Crippen LogP contribution >= 0.6 is 0 Å². The predicted octanol–water partition coefficient (Wildman–Crippen LogP) is 3.12. The van der Waals surface area contributed by atoms with Gasteiger partial charge in [0.15, 0.2) is 0 Å². The summed E-state index contributed by atoms with van der Waals surface area (Å²) in [6, 6.07) is 16.5. The van der Waals surface area contributed by atoms with Crippen LogP contribution in [0.3, 0.4) is 0 Å². The molecule has 1 aromatic heterocycles. The molecule has 0 saturated heterocycles. The molecule has 0 N–H and O–H groups in total. The van der Waals surface area contributed by atoms with Crippen molar-refractivity contribution in [3.8, 4) is 17.5 Å². The van der Waals surface area contributed by atoms with E-state index < -0.39 is 4.92 Å². The first-order valence-electron chi connectivity index (χ1n) is 9.07. The zero-order valence-corrected chi connectivity index (χ0v) is 15.4. The molecule has 2 aromatic carbocycles. The minimum absolute atomic E-state index is 0.141. The second-order valence-corrected chi connectivity index (χ2v) is 6.41. The molecule has 0 radical (unpaired) electrons. The first-order valence-corrected chi connectivity index (χ1v) is 9.07. The minimum Gasteiger partial charge on any atom is -0.457 e. The molecular formula is C20H18N4O5. The predicted molar refractivity (Wildman–Crippen MR) is 103 cm³/mol. The lowest BCUT2D eigenvalue weighted by molar-refractivity contribution is -0.389. The second kappa shape index (κ2) is 8.01. The number of rotatable bonds is 4. The summed E-state index contributed by atoms with van der Waals surface area (Å²) in [5.41, 5.74) is 0.530. The molecule has 9 nitrogen and oxygen atoms in total. The maximum atomic E-state index is 12.9. The molecule has 3 aromatic rings. The molecule has 0 fully saturated rings. The molecule has 0 saturated carbocycles. The number of hydrogen-bond acceptors (Lipinski definition) is 6. The molecule has 9 heteroatoms. The highest BCUT2D eigenvalue weighted by Gasteiger charge is 2.25. The lowest BCUT2D eigenvalue weighted by atomic mass is 10.2. The Labute approximate surface area is 166 Å². The van der Waals surface area contributed by atoms with E-state index in [9.17, 15) is 14.9 Å². The minimum atomic E-state index is -0.566. The SMILES string of the molecule is O=C(c1ccc(Oc2ccccc2)cc1)N1CCOc2nc([N+](=O)[O-])cn2CC1. The van der Waals surface area contributed by atoms with Crippen molar-refractivity contribution >= 4 is 11.7 Å². The fourth-order valence-electron chi connectivity index (χ4n) is 3.01. The summed E-state index contributed by atoms with van der Waals surface area (Å²) in [5, 5.41) is 10.9. The van der Waals surface area contributed by atoms with E-state index in [1.165, 1.54) is 6.20 Å². The molecule has 2 heterocycles. The Morgan fingerprint density at radius 2 is 1.76 bits per heavy atom. The van der Waals surface area contributed by atoms with Gasteiger partial charge in [-0.25, -0.2) is 0 Å². The number of amides is 1. The van der Waals surface area contributed by atoms with Crippen molar-refractivity contribution in [1.82, 2.24) is 14.5 Å². The molecule has 0 aliphatic carbocycles. The highest BCUT2D eigenvalue weighted by atomic mass is 16.6. The molecule has 0 bridgehead atoms. The van der Waals surface area contributed by atoms with Crippen molar-refractivity contribution in [3.63, 3.8) is 0 Å². The lowest BCUT2D eigenvalue weighted by Gasteiger charge is -2.24. The average Bonchev–Trinajstić information content (AvgIpc) is 3.11. The number of para-hydroxylation sites is 1. The summed E-state index contributed by atoms with van der Waals surface area (Å²) in [7, 11) is 0. The number of ether oxygens (including phenoxy) is 2. The van der Waals surface area contributed by atoms with Gasteiger partial charge in [0.05, 0.1) is 6.54 Å². The van der Waals surface area contributed by atoms with E-state index in [0.717, 1.165) is 5.75 Å². The van der Waals surface area contributed by atoms with Crippen molar-refractivity contribution < 1.29 is 19.2 Å². The van der Waals surface area contributed by atoms with Gasteiger partial charge in [-0.2, -0.15) is 0 Å². The van der Waals surface area contributed by atoms with E-state index in [-0.39, 0.29) is 24.3 Å². The number of nitro groups is 1. The zero-order chi connectivity index (χ0) is 20.2. The molecule has 1 amide bonds. The van der Waals surface area contributed by atoms with Crippen LogP contribution in [-0.4, -0.2) is 45.0 Å². The molecule has 0 unspecified atom stereocenters. The van der Waals surface area contributed by atoms with Gasteiger partial charge in [0.25, 0.3) is 5.91 Å². The van der Waals surface area contributed by atoms with Crippen LogP contribution in [0.15, 0.2) is 60.8 Å². The van der Waals surface area contributed by atoms with Gasteiger partial charge in [0.1, 0.15) is 24.3 Å². The number of carbonyl (C=O) groups excluding carboxylic acids is 1. The van der Waals surface area contributed by atoms with Crippen molar-refractivity contribution in [2.24, 2.45) is 0 Å². The van der Waals surface area contributed by atoms with E-state index in [4.69, 9.17) is 9.47 Å². The summed E-state index contributed by atoms with van der Waals surface area (Å²) in [6.07, 6.45) is 1.32. The fourth-order valence-corrected chi connectivity index (χ4v) is 3.01. The molecule has 4 rings (SSSR count). The first-order chi connectivity index (χ1) is 14.1. The number of carbonyl (C=O) groups is 1. The Morgan fingerprint density at radius 1 is 1.03 bits per heavy atom. The topological polar surface area (TPSA) is 99.7 Å². The number of nitrogens with zero attached hydrogens (tertiary/aromatic N) is 4. The number of aromatic nitrogens is 2. The molecule has 1 aliphatic rings. The van der Waals surface area contributed by atoms with Crippen LogP contribution < -0.4 is 9.47 Å². The Hall–Kier alpha value is -3.88. The van der Waals surface area contributed by atoms with Gasteiger partial charge in [-0.3, -0.25) is 9.36 Å². The van der Waals surface area contributed by atoms with Gasteiger partial charge >= 0.3 is 11.8 Å². The van der Waals surface area contributed by atoms with Crippen molar-refractivity contribution in [2.75, 3.05) is 19.7 Å². The van der Waals surface area contributed by atoms with Crippen molar-refractivity contribution in [2.45, 2.75) is 6.54 Å². The third kappa shape index (κ3) is 4.18. The summed E-state index contributed by atoms with van der Waals surface area (Å²) in [5.74, 6) is 0.948. The largest absolute Gasteiger partial charge is 0.457 e. The summed E-state index contributed by atoms with van der Waals surface area (Å²) >= 11 is 0. The van der Waals surface area contributed by atoms with Crippen LogP contribution in [0.1, 0.15) is 10.4 Å². The van der Waals surface area contributed by atoms with Crippen LogP contribution in [0.2, 0.25) is 0 Å². The molecule has 29 heavy (non-hydrogen) atoms. The van der Waals surface area contributed by atoms with Crippen LogP contribution in [0.25, 0.3) is 0 Å². The number of imidazole rings is 1. The van der Waals surface area contributed by atoms with Crippen LogP contribution in [0.4, 0.5) is 5.82 Å². The second-order valence-electron chi connectivity index (χ2n) is 6.41. The molecular weight excluding hydrogens is 376 g/mol. The fraction of sp³-hybridized carbons (Fsp3) is 0.200. The zero-order valence-electron chi connectivity index (χ0n) is 15.4. The van der Waals surface area contributed by atoms with E-state index in [2.05, 4.69) is 4.98 Å². The van der Waals surface area contributed by atoms with Crippen molar-refractivity contribution in [3.05, 3.63) is 76.5 Å². The lowest BCUT2D eigenvalue weighted by Crippen LogP contribution is -2.38. The molecule has 1 aliphatic heterocycles. The highest BCUT2D eigenvalue weighted by molar-refractivity contribution is 5.94. The molecule has 0 spiro atoms. The van der Waals surface area contributed by atoms with Crippen LogP contribution in [0, 0.1) is 10.1 Å². The van der Waals surface area contributed by atoms with Gasteiger partial charge in [0.2, 0.25) is 0 Å². The van der Waals surface area contributed by atoms with Gasteiger partial charge in [-0.1, -0.05) is 18.2 Å². The van der Waals surface area contributed by atoms with E-state index in [0.29, 0.717) is 30.9 Å². The van der Waals surface area contributed by atoms with Gasteiger partial charge in [-0.05, 0) is 41.3 Å². The Balaban J connectivity index is 1.43. The molecule has 0 atom stereocenters. The monoisotopic (exact) mass is 394 g/mol. The number of benzene rings is 2. The average molecular weight is 394 g/mol. The Morgan fingerprint density at radius 3 is 2.48 bits per heavy atom. The highest BCUT2D eigenvalue weighted by Crippen LogP contribution is 2.22. The maximum absolute atomic E-state index is 12.9. The third-order valence-corrected chi connectivity index (χ3v) is 4.48. The standard InChI is InChI=1S/C20H18N4O5/c25-19(15-6-8-17(9-7-15)29-16-4-2-1-3-5-16)22-10-11-23-14-18(24(26)27)21-20(23)28-13-12-22/h1-9,14H,10-13H2. The smallest absolute Gasteiger partial charge is 0.414 e. The summed E-state index contributed by atoms with van der Waals surface area (Å²) in [4.78, 5) is 28.7. The maximum Gasteiger partial charge on any atom is 0.414 e. The van der Waals surface area contributed by atoms with Gasteiger partial charge < -0.3 is 24.5 Å². The Kier molecular flexibility index (Phi) is 5.10. The van der Waals surface area contributed by atoms with Crippen LogP contribution in [-0.2, 0) is 6.54 Å². The van der Waals surface area contributed by atoms with Crippen molar-refractivity contribution in [1.29, 1.82) is 0 Å². The summed E-state index contributed by atoms with van der Waals surface area (Å²) in [6.45, 7) is 1.32. The first kappa shape index (κ1) is 18.5. The quantitative estimate of drug-likeness (QED) is 0.498. The summed E-state index contributed by atoms with van der Waals surface area (Å²) < 4.78 is 12.8. The Bertz CT molecular complexity index is 1020. The van der Waals surface area contributed by atoms with E-state index in [1.807, 2.05) is 30.3 Å². The third-order valence-electron chi connectivity index (χ3n) is 4.48. The van der Waals surface area contributed by atoms with E-state index in [1.54, 1.807) is 33.7 Å². The normalized spacial score (nSPS) is 13.6. The van der Waals surface area contributed by atoms with Crippen LogP contribution in [0.5, 0.6) is 17.5 Å². The number of hydrogen-bond donors (Lipinski definition) is 0. The van der Waals surface area contributed by atoms with Gasteiger partial charge in [0, 0.05) is 23.6 Å². The molecule has 148 valence electrons. The van der Waals surface area contributed by atoms with E-state index >= 15 is 0 Å². The van der Waals surface area contributed by atoms with Gasteiger partial charge in [-0.15, -0.1) is 0 Å².